The lowest BCUT2D eigenvalue weighted by Gasteiger charge is -2.25. The van der Waals surface area contributed by atoms with Gasteiger partial charge in [0.05, 0.1) is 5.69 Å². The average Bonchev–Trinajstić information content (AvgIpc) is 2.35. The minimum Gasteiger partial charge on any atom is -0.474 e. The normalized spacial score (nSPS) is 15.3. The third-order valence-corrected chi connectivity index (χ3v) is 3.13. The summed E-state index contributed by atoms with van der Waals surface area (Å²) in [7, 11) is 0. The predicted molar refractivity (Wildman–Crippen MR) is 67.9 cm³/mol. The third-order valence-electron chi connectivity index (χ3n) is 3.13. The fourth-order valence-corrected chi connectivity index (χ4v) is 1.91. The van der Waals surface area contributed by atoms with Gasteiger partial charge in [0.25, 0.3) is 0 Å². The molecule has 86 valence electrons. The van der Waals surface area contributed by atoms with Gasteiger partial charge in [-0.2, -0.15) is 0 Å². The van der Waals surface area contributed by atoms with E-state index in [2.05, 4.69) is 17.1 Å². The van der Waals surface area contributed by atoms with Crippen molar-refractivity contribution >= 4 is 0 Å². The molecule has 1 aliphatic rings. The van der Waals surface area contributed by atoms with Gasteiger partial charge < -0.3 is 4.74 Å². The van der Waals surface area contributed by atoms with E-state index in [0.717, 1.165) is 30.0 Å². The molecule has 2 aromatic rings. The lowest BCUT2D eigenvalue weighted by Crippen LogP contribution is -2.24. The second-order valence-corrected chi connectivity index (χ2v) is 4.40. The molecule has 0 aliphatic heterocycles. The molecule has 1 heterocycles. The van der Waals surface area contributed by atoms with Crippen molar-refractivity contribution in [3.05, 3.63) is 48.5 Å². The molecule has 1 aromatic heterocycles. The van der Waals surface area contributed by atoms with Gasteiger partial charge in [-0.25, -0.2) is 4.98 Å². The molecule has 3 rings (SSSR count). The maximum absolute atomic E-state index is 5.80. The number of aromatic nitrogens is 1. The van der Waals surface area contributed by atoms with Crippen molar-refractivity contribution in [3.63, 3.8) is 0 Å². The molecular formula is C15H15NO. The van der Waals surface area contributed by atoms with E-state index in [1.165, 1.54) is 6.42 Å². The van der Waals surface area contributed by atoms with Gasteiger partial charge in [0.15, 0.2) is 0 Å². The predicted octanol–water partition coefficient (Wildman–Crippen LogP) is 3.68. The Morgan fingerprint density at radius 2 is 1.76 bits per heavy atom. The standard InChI is InChI=1S/C15H15NO/c1-2-6-12(7-3-1)14-10-5-11-15(16-14)17-13-8-4-9-13/h1-3,5-7,10-11,13H,4,8-9H2. The zero-order chi connectivity index (χ0) is 11.5. The molecule has 1 aliphatic carbocycles. The van der Waals surface area contributed by atoms with E-state index in [4.69, 9.17) is 4.74 Å². The summed E-state index contributed by atoms with van der Waals surface area (Å²) in [5.74, 6) is 0.746. The molecule has 0 saturated heterocycles. The maximum atomic E-state index is 5.80. The maximum Gasteiger partial charge on any atom is 0.214 e. The number of nitrogens with zero attached hydrogens (tertiary/aromatic N) is 1. The van der Waals surface area contributed by atoms with E-state index in [-0.39, 0.29) is 0 Å². The quantitative estimate of drug-likeness (QED) is 0.795. The molecule has 0 bridgehead atoms. The Bertz CT molecular complexity index is 491. The number of benzene rings is 1. The van der Waals surface area contributed by atoms with E-state index in [1.54, 1.807) is 0 Å². The van der Waals surface area contributed by atoms with Gasteiger partial charge in [-0.1, -0.05) is 36.4 Å². The Morgan fingerprint density at radius 1 is 0.941 bits per heavy atom. The van der Waals surface area contributed by atoms with Gasteiger partial charge in [0.1, 0.15) is 6.10 Å². The van der Waals surface area contributed by atoms with Crippen LogP contribution < -0.4 is 4.74 Å². The van der Waals surface area contributed by atoms with Crippen LogP contribution in [0.1, 0.15) is 19.3 Å². The molecule has 0 atom stereocenters. The number of hydrogen-bond acceptors (Lipinski definition) is 2. The molecule has 17 heavy (non-hydrogen) atoms. The minimum absolute atomic E-state index is 0.383. The summed E-state index contributed by atoms with van der Waals surface area (Å²) in [6, 6.07) is 16.1. The Hall–Kier alpha value is -1.83. The van der Waals surface area contributed by atoms with Crippen LogP contribution in [-0.4, -0.2) is 11.1 Å². The SMILES string of the molecule is c1ccc(-c2cccc(OC3CCC3)n2)cc1. The summed E-state index contributed by atoms with van der Waals surface area (Å²) >= 11 is 0. The summed E-state index contributed by atoms with van der Waals surface area (Å²) in [5.41, 5.74) is 2.11. The number of rotatable bonds is 3. The van der Waals surface area contributed by atoms with Crippen molar-refractivity contribution in [1.82, 2.24) is 4.98 Å². The van der Waals surface area contributed by atoms with Gasteiger partial charge in [-0.3, -0.25) is 0 Å². The minimum atomic E-state index is 0.383. The van der Waals surface area contributed by atoms with Crippen LogP contribution in [0.5, 0.6) is 5.88 Å². The highest BCUT2D eigenvalue weighted by atomic mass is 16.5. The summed E-state index contributed by atoms with van der Waals surface area (Å²) in [6.07, 6.45) is 3.99. The molecule has 1 saturated carbocycles. The third kappa shape index (κ3) is 2.31. The first-order chi connectivity index (χ1) is 8.42. The monoisotopic (exact) mass is 225 g/mol. The van der Waals surface area contributed by atoms with Crippen LogP contribution in [0.25, 0.3) is 11.3 Å². The van der Waals surface area contributed by atoms with Crippen LogP contribution >= 0.6 is 0 Å². The Labute approximate surface area is 101 Å². The molecule has 0 N–H and O–H groups in total. The first kappa shape index (κ1) is 10.3. The van der Waals surface area contributed by atoms with Crippen LogP contribution in [-0.2, 0) is 0 Å². The molecule has 2 nitrogen and oxygen atoms in total. The van der Waals surface area contributed by atoms with Crippen LogP contribution in [0.15, 0.2) is 48.5 Å². The van der Waals surface area contributed by atoms with Crippen molar-refractivity contribution < 1.29 is 4.74 Å². The molecule has 1 fully saturated rings. The largest absolute Gasteiger partial charge is 0.474 e. The van der Waals surface area contributed by atoms with Crippen molar-refractivity contribution in [3.8, 4) is 17.1 Å². The van der Waals surface area contributed by atoms with Crippen LogP contribution in [0.3, 0.4) is 0 Å². The highest BCUT2D eigenvalue weighted by molar-refractivity contribution is 5.59. The van der Waals surface area contributed by atoms with Crippen LogP contribution in [0, 0.1) is 0 Å². The summed E-state index contributed by atoms with van der Waals surface area (Å²) in [6.45, 7) is 0. The molecular weight excluding hydrogens is 210 g/mol. The lowest BCUT2D eigenvalue weighted by atomic mass is 9.96. The van der Waals surface area contributed by atoms with Gasteiger partial charge in [0, 0.05) is 11.6 Å². The Morgan fingerprint density at radius 3 is 2.47 bits per heavy atom. The topological polar surface area (TPSA) is 22.1 Å². The fourth-order valence-electron chi connectivity index (χ4n) is 1.91. The summed E-state index contributed by atoms with van der Waals surface area (Å²) < 4.78 is 5.80. The van der Waals surface area contributed by atoms with E-state index in [0.29, 0.717) is 6.10 Å². The van der Waals surface area contributed by atoms with Crippen molar-refractivity contribution in [1.29, 1.82) is 0 Å². The van der Waals surface area contributed by atoms with Crippen molar-refractivity contribution in [2.24, 2.45) is 0 Å². The summed E-state index contributed by atoms with van der Waals surface area (Å²) in [4.78, 5) is 4.54. The van der Waals surface area contributed by atoms with Gasteiger partial charge >= 0.3 is 0 Å². The van der Waals surface area contributed by atoms with E-state index in [1.807, 2.05) is 36.4 Å². The van der Waals surface area contributed by atoms with E-state index < -0.39 is 0 Å². The Balaban J connectivity index is 1.83. The van der Waals surface area contributed by atoms with E-state index in [9.17, 15) is 0 Å². The van der Waals surface area contributed by atoms with Crippen LogP contribution in [0.2, 0.25) is 0 Å². The highest BCUT2D eigenvalue weighted by Crippen LogP contribution is 2.25. The van der Waals surface area contributed by atoms with Crippen molar-refractivity contribution in [2.75, 3.05) is 0 Å². The van der Waals surface area contributed by atoms with Gasteiger partial charge in [-0.15, -0.1) is 0 Å². The molecule has 2 heteroatoms. The first-order valence-corrected chi connectivity index (χ1v) is 6.11. The number of ether oxygens (including phenoxy) is 1. The molecule has 0 radical (unpaired) electrons. The van der Waals surface area contributed by atoms with E-state index >= 15 is 0 Å². The zero-order valence-corrected chi connectivity index (χ0v) is 9.67. The molecule has 0 spiro atoms. The zero-order valence-electron chi connectivity index (χ0n) is 9.67. The molecule has 0 amide bonds. The number of hydrogen-bond donors (Lipinski definition) is 0. The number of pyridine rings is 1. The van der Waals surface area contributed by atoms with Gasteiger partial charge in [-0.05, 0) is 25.3 Å². The van der Waals surface area contributed by atoms with Crippen molar-refractivity contribution in [2.45, 2.75) is 25.4 Å². The Kier molecular flexibility index (Phi) is 2.78. The second-order valence-electron chi connectivity index (χ2n) is 4.40. The fraction of sp³-hybridized carbons (Fsp3) is 0.267. The molecule has 0 unspecified atom stereocenters. The smallest absolute Gasteiger partial charge is 0.214 e. The first-order valence-electron chi connectivity index (χ1n) is 6.11. The van der Waals surface area contributed by atoms with Crippen LogP contribution in [0.4, 0.5) is 0 Å². The van der Waals surface area contributed by atoms with Gasteiger partial charge in [0.2, 0.25) is 5.88 Å². The summed E-state index contributed by atoms with van der Waals surface area (Å²) in [5, 5.41) is 0. The lowest BCUT2D eigenvalue weighted by molar-refractivity contribution is 0.115. The second kappa shape index (κ2) is 4.58. The highest BCUT2D eigenvalue weighted by Gasteiger charge is 2.19. The average molecular weight is 225 g/mol. The molecule has 1 aromatic carbocycles.